The molecule has 14 nitrogen and oxygen atoms in total. The van der Waals surface area contributed by atoms with E-state index in [-0.39, 0.29) is 5.69 Å². The van der Waals surface area contributed by atoms with E-state index < -0.39 is 37.0 Å². The number of hydrogen-bond acceptors (Lipinski definition) is 12. The van der Waals surface area contributed by atoms with Crippen LogP contribution in [0.1, 0.15) is 22.3 Å². The Hall–Kier alpha value is -5.05. The fourth-order valence-corrected chi connectivity index (χ4v) is 5.47. The van der Waals surface area contributed by atoms with Crippen molar-refractivity contribution in [2.45, 2.75) is 30.9 Å². The number of hydrogen-bond donors (Lipinski definition) is 4. The number of para-hydroxylation sites is 1. The summed E-state index contributed by atoms with van der Waals surface area (Å²) in [5.41, 5.74) is 2.61. The fourth-order valence-electron chi connectivity index (χ4n) is 5.47. The van der Waals surface area contributed by atoms with Crippen molar-refractivity contribution in [2.75, 3.05) is 39.8 Å². The van der Waals surface area contributed by atoms with Gasteiger partial charge in [-0.3, -0.25) is 9.36 Å². The molecule has 5 aromatic rings. The van der Waals surface area contributed by atoms with Gasteiger partial charge in [0.2, 0.25) is 0 Å². The highest BCUT2D eigenvalue weighted by Crippen LogP contribution is 2.33. The van der Waals surface area contributed by atoms with Crippen LogP contribution in [0.4, 0.5) is 5.82 Å². The van der Waals surface area contributed by atoms with Gasteiger partial charge in [0.1, 0.15) is 36.0 Å². The predicted molar refractivity (Wildman–Crippen MR) is 164 cm³/mol. The third kappa shape index (κ3) is 5.78. The molecule has 0 spiro atoms. The zero-order valence-electron chi connectivity index (χ0n) is 24.9. The lowest BCUT2D eigenvalue weighted by atomic mass is 10.1. The molecule has 0 aliphatic carbocycles. The lowest BCUT2D eigenvalue weighted by molar-refractivity contribution is -0.0440. The molecule has 6 rings (SSSR count). The van der Waals surface area contributed by atoms with E-state index in [9.17, 15) is 15.0 Å². The quantitative estimate of drug-likeness (QED) is 0.171. The van der Waals surface area contributed by atoms with Gasteiger partial charge >= 0.3 is 0 Å². The molecule has 0 radical (unpaired) electrons. The molecule has 3 aromatic heterocycles. The molecule has 1 saturated heterocycles. The maximum Gasteiger partial charge on any atom is 0.270 e. The van der Waals surface area contributed by atoms with Crippen LogP contribution in [0, 0.1) is 0 Å². The van der Waals surface area contributed by atoms with Crippen molar-refractivity contribution in [3.8, 4) is 17.2 Å². The molecule has 4 atom stereocenters. The van der Waals surface area contributed by atoms with Gasteiger partial charge in [0.15, 0.2) is 34.7 Å². The molecule has 0 unspecified atom stereocenters. The Balaban J connectivity index is 1.23. The number of methoxy groups -OCH3 is 3. The number of aliphatic hydroxyl groups excluding tert-OH is 2. The van der Waals surface area contributed by atoms with Crippen molar-refractivity contribution in [1.29, 1.82) is 0 Å². The Morgan fingerprint density at radius 2 is 1.80 bits per heavy atom. The first-order chi connectivity index (χ1) is 21.9. The first-order valence-electron chi connectivity index (χ1n) is 14.3. The maximum absolute atomic E-state index is 13.5. The van der Waals surface area contributed by atoms with Gasteiger partial charge in [0.25, 0.3) is 5.91 Å². The van der Waals surface area contributed by atoms with Crippen molar-refractivity contribution in [1.82, 2.24) is 29.8 Å². The monoisotopic (exact) mass is 615 g/mol. The first-order valence-corrected chi connectivity index (χ1v) is 14.3. The van der Waals surface area contributed by atoms with E-state index in [1.165, 1.54) is 25.8 Å². The Labute approximate surface area is 258 Å². The largest absolute Gasteiger partial charge is 0.496 e. The van der Waals surface area contributed by atoms with Crippen molar-refractivity contribution in [3.63, 3.8) is 0 Å². The molecular weight excluding hydrogens is 582 g/mol. The summed E-state index contributed by atoms with van der Waals surface area (Å²) >= 11 is 0. The number of amides is 1. The number of aromatic nitrogens is 5. The lowest BCUT2D eigenvalue weighted by Crippen LogP contribution is -2.47. The smallest absolute Gasteiger partial charge is 0.270 e. The van der Waals surface area contributed by atoms with Crippen LogP contribution in [0.5, 0.6) is 17.2 Å². The van der Waals surface area contributed by atoms with Crippen LogP contribution < -0.4 is 24.8 Å². The number of carbonyl (C=O) groups is 1. The number of imidazole rings is 1. The van der Waals surface area contributed by atoms with E-state index in [1.54, 1.807) is 24.9 Å². The van der Waals surface area contributed by atoms with Crippen LogP contribution >= 0.6 is 0 Å². The fraction of sp³-hybridized carbons (Fsp3) is 0.323. The SMILES string of the molecule is COc1ccc(CCNc2ncnc3c2ncn3[C@@H]2O[C@H](CO)[C@@H](O)[C@H]2NC(=O)c2cc(OC)c3ccccc3n2)cc1OC. The third-order valence-corrected chi connectivity index (χ3v) is 7.77. The zero-order valence-corrected chi connectivity index (χ0v) is 24.9. The summed E-state index contributed by atoms with van der Waals surface area (Å²) in [4.78, 5) is 31.2. The average molecular weight is 616 g/mol. The Bertz CT molecular complexity index is 1830. The Kier molecular flexibility index (Phi) is 8.60. The number of pyridine rings is 1. The molecule has 0 saturated carbocycles. The summed E-state index contributed by atoms with van der Waals surface area (Å²) in [5.74, 6) is 1.75. The molecule has 1 aliphatic rings. The molecule has 4 heterocycles. The number of anilines is 1. The maximum atomic E-state index is 13.5. The normalized spacial score (nSPS) is 19.5. The van der Waals surface area contributed by atoms with Gasteiger partial charge < -0.3 is 39.8 Å². The number of nitrogens with one attached hydrogen (secondary N) is 2. The van der Waals surface area contributed by atoms with Crippen LogP contribution in [0.2, 0.25) is 0 Å². The van der Waals surface area contributed by atoms with Gasteiger partial charge in [0, 0.05) is 18.0 Å². The van der Waals surface area contributed by atoms with Gasteiger partial charge in [-0.25, -0.2) is 19.9 Å². The van der Waals surface area contributed by atoms with E-state index in [0.29, 0.717) is 52.7 Å². The molecule has 4 N–H and O–H groups in total. The number of aliphatic hydroxyl groups is 2. The van der Waals surface area contributed by atoms with E-state index in [1.807, 2.05) is 36.4 Å². The van der Waals surface area contributed by atoms with Gasteiger partial charge in [-0.05, 0) is 36.2 Å². The standard InChI is InChI=1S/C31H33N7O7/c1-42-21-9-8-17(12-23(21)44-3)10-11-32-28-26-29(34-15-33-28)38(16-35-26)31-25(27(40)24(14-39)45-31)37-30(41)20-13-22(43-2)18-6-4-5-7-19(18)36-20/h4-9,12-13,15-16,24-25,27,31,39-40H,10-11,14H2,1-3H3,(H,37,41)(H,32,33,34)/t24-,25-,27-,31-/m1/s1. The molecular formula is C31H33N7O7. The van der Waals surface area contributed by atoms with Crippen molar-refractivity contribution >= 4 is 33.8 Å². The minimum Gasteiger partial charge on any atom is -0.496 e. The molecule has 2 aromatic carbocycles. The van der Waals surface area contributed by atoms with Crippen LogP contribution in [0.15, 0.2) is 61.2 Å². The molecule has 234 valence electrons. The highest BCUT2D eigenvalue weighted by atomic mass is 16.5. The average Bonchev–Trinajstić information content (AvgIpc) is 3.64. The second kappa shape index (κ2) is 12.9. The summed E-state index contributed by atoms with van der Waals surface area (Å²) in [7, 11) is 4.71. The zero-order chi connectivity index (χ0) is 31.5. The van der Waals surface area contributed by atoms with Crippen LogP contribution in [-0.4, -0.2) is 93.4 Å². The minimum atomic E-state index is -1.23. The molecule has 1 amide bonds. The number of fused-ring (bicyclic) bond motifs is 2. The summed E-state index contributed by atoms with van der Waals surface area (Å²) in [5, 5.41) is 27.9. The van der Waals surface area contributed by atoms with Gasteiger partial charge in [-0.1, -0.05) is 18.2 Å². The minimum absolute atomic E-state index is 0.0997. The van der Waals surface area contributed by atoms with Crippen LogP contribution in [-0.2, 0) is 11.2 Å². The van der Waals surface area contributed by atoms with Gasteiger partial charge in [-0.15, -0.1) is 0 Å². The Morgan fingerprint density at radius 3 is 2.58 bits per heavy atom. The number of rotatable bonds is 11. The summed E-state index contributed by atoms with van der Waals surface area (Å²) < 4.78 is 23.8. The highest BCUT2D eigenvalue weighted by Gasteiger charge is 2.46. The van der Waals surface area contributed by atoms with Gasteiger partial charge in [-0.2, -0.15) is 0 Å². The van der Waals surface area contributed by atoms with Crippen molar-refractivity contribution in [3.05, 3.63) is 72.4 Å². The molecule has 1 fully saturated rings. The van der Waals surface area contributed by atoms with E-state index in [0.717, 1.165) is 10.9 Å². The number of carbonyl (C=O) groups excluding carboxylic acids is 1. The molecule has 0 bridgehead atoms. The second-order valence-electron chi connectivity index (χ2n) is 10.4. The lowest BCUT2D eigenvalue weighted by Gasteiger charge is -2.23. The topological polar surface area (TPSA) is 175 Å². The van der Waals surface area contributed by atoms with E-state index >= 15 is 0 Å². The first kappa shape index (κ1) is 30.0. The van der Waals surface area contributed by atoms with E-state index in [2.05, 4.69) is 30.6 Å². The van der Waals surface area contributed by atoms with E-state index in [4.69, 9.17) is 18.9 Å². The third-order valence-electron chi connectivity index (χ3n) is 7.77. The summed E-state index contributed by atoms with van der Waals surface area (Å²) in [6.45, 7) is 0.0806. The molecule has 1 aliphatic heterocycles. The highest BCUT2D eigenvalue weighted by molar-refractivity contribution is 5.97. The van der Waals surface area contributed by atoms with Gasteiger partial charge in [0.05, 0.1) is 39.8 Å². The summed E-state index contributed by atoms with van der Waals surface area (Å²) in [6.07, 6.45) is 0.439. The number of benzene rings is 2. The molecule has 14 heteroatoms. The summed E-state index contributed by atoms with van der Waals surface area (Å²) in [6, 6.07) is 13.6. The number of nitrogens with zero attached hydrogens (tertiary/aromatic N) is 5. The second-order valence-corrected chi connectivity index (χ2v) is 10.4. The van der Waals surface area contributed by atoms with Crippen molar-refractivity contribution < 1.29 is 34.0 Å². The predicted octanol–water partition coefficient (Wildman–Crippen LogP) is 2.10. The Morgan fingerprint density at radius 1 is 1.00 bits per heavy atom. The van der Waals surface area contributed by atoms with Crippen LogP contribution in [0.3, 0.4) is 0 Å². The van der Waals surface area contributed by atoms with Crippen molar-refractivity contribution in [2.24, 2.45) is 0 Å². The molecule has 45 heavy (non-hydrogen) atoms. The van der Waals surface area contributed by atoms with Crippen LogP contribution in [0.25, 0.3) is 22.1 Å². The number of ether oxygens (including phenoxy) is 4.